The molecular formula is C21H12ClFN4O2. The van der Waals surface area contributed by atoms with E-state index in [9.17, 15) is 14.0 Å². The van der Waals surface area contributed by atoms with Gasteiger partial charge in [0.2, 0.25) is 0 Å². The van der Waals surface area contributed by atoms with Crippen molar-refractivity contribution in [1.29, 1.82) is 0 Å². The monoisotopic (exact) mass is 406 g/mol. The molecule has 0 N–H and O–H groups in total. The van der Waals surface area contributed by atoms with Crippen LogP contribution in [0.3, 0.4) is 0 Å². The number of hydrogen-bond acceptors (Lipinski definition) is 4. The molecule has 0 aliphatic carbocycles. The van der Waals surface area contributed by atoms with Gasteiger partial charge in [0.05, 0.1) is 22.2 Å². The smallest absolute Gasteiger partial charge is 0.267 e. The summed E-state index contributed by atoms with van der Waals surface area (Å²) < 4.78 is 14.9. The van der Waals surface area contributed by atoms with E-state index in [1.54, 1.807) is 43.4 Å². The molecule has 1 aliphatic heterocycles. The van der Waals surface area contributed by atoms with Gasteiger partial charge in [0, 0.05) is 23.8 Å². The number of fused-ring (bicyclic) bond motifs is 3. The fraction of sp³-hybridized carbons (Fsp3) is 0.0476. The van der Waals surface area contributed by atoms with Gasteiger partial charge in [-0.05, 0) is 48.5 Å². The van der Waals surface area contributed by atoms with E-state index in [1.165, 1.54) is 23.0 Å². The van der Waals surface area contributed by atoms with Gasteiger partial charge in [-0.2, -0.15) is 5.10 Å². The second kappa shape index (κ2) is 6.22. The van der Waals surface area contributed by atoms with Gasteiger partial charge in [0.15, 0.2) is 5.65 Å². The number of nitrogens with zero attached hydrogens (tertiary/aromatic N) is 4. The Hall–Kier alpha value is -3.58. The number of imide groups is 1. The van der Waals surface area contributed by atoms with Crippen LogP contribution in [0, 0.1) is 5.82 Å². The Bertz CT molecular complexity index is 1310. The zero-order valence-corrected chi connectivity index (χ0v) is 15.8. The number of aryl methyl sites for hydroxylation is 1. The van der Waals surface area contributed by atoms with Crippen LogP contribution in [0.15, 0.2) is 54.7 Å². The largest absolute Gasteiger partial charge is 0.268 e. The normalized spacial score (nSPS) is 13.4. The van der Waals surface area contributed by atoms with E-state index in [0.717, 1.165) is 4.90 Å². The van der Waals surface area contributed by atoms with Crippen molar-refractivity contribution < 1.29 is 14.0 Å². The highest BCUT2D eigenvalue weighted by molar-refractivity contribution is 6.38. The maximum Gasteiger partial charge on any atom is 0.267 e. The Morgan fingerprint density at radius 1 is 0.966 bits per heavy atom. The molecule has 0 saturated carbocycles. The molecule has 6 nitrogen and oxygen atoms in total. The zero-order valence-electron chi connectivity index (χ0n) is 15.1. The maximum atomic E-state index is 13.4. The Morgan fingerprint density at radius 3 is 2.34 bits per heavy atom. The van der Waals surface area contributed by atoms with Gasteiger partial charge in [-0.15, -0.1) is 0 Å². The van der Waals surface area contributed by atoms with Crippen LogP contribution in [0.4, 0.5) is 10.1 Å². The van der Waals surface area contributed by atoms with Crippen LogP contribution < -0.4 is 4.90 Å². The molecule has 4 aromatic rings. The summed E-state index contributed by atoms with van der Waals surface area (Å²) in [7, 11) is 1.70. The van der Waals surface area contributed by atoms with Crippen LogP contribution >= 0.6 is 11.6 Å². The molecule has 0 bridgehead atoms. The van der Waals surface area contributed by atoms with E-state index in [0.29, 0.717) is 33.0 Å². The number of aromatic nitrogens is 3. The molecule has 0 atom stereocenters. The second-order valence-corrected chi connectivity index (χ2v) is 7.08. The fourth-order valence-corrected chi connectivity index (χ4v) is 3.69. The van der Waals surface area contributed by atoms with E-state index in [1.807, 2.05) is 0 Å². The van der Waals surface area contributed by atoms with Crippen molar-refractivity contribution in [2.75, 3.05) is 4.90 Å². The van der Waals surface area contributed by atoms with E-state index >= 15 is 0 Å². The van der Waals surface area contributed by atoms with Gasteiger partial charge < -0.3 is 0 Å². The van der Waals surface area contributed by atoms with Crippen molar-refractivity contribution >= 4 is 40.1 Å². The fourth-order valence-electron chi connectivity index (χ4n) is 3.56. The first-order valence-corrected chi connectivity index (χ1v) is 9.09. The molecule has 1 aliphatic rings. The van der Waals surface area contributed by atoms with Crippen molar-refractivity contribution in [3.8, 4) is 11.3 Å². The average Bonchev–Trinajstić information content (AvgIpc) is 3.18. The number of carbonyl (C=O) groups excluding carboxylic acids is 2. The highest BCUT2D eigenvalue weighted by Crippen LogP contribution is 2.37. The van der Waals surface area contributed by atoms with Crippen LogP contribution in [-0.2, 0) is 7.05 Å². The molecule has 3 heterocycles. The van der Waals surface area contributed by atoms with Crippen molar-refractivity contribution in [2.24, 2.45) is 7.05 Å². The second-order valence-electron chi connectivity index (χ2n) is 6.65. The van der Waals surface area contributed by atoms with Crippen LogP contribution in [-0.4, -0.2) is 26.6 Å². The summed E-state index contributed by atoms with van der Waals surface area (Å²) in [6.45, 7) is 0. The van der Waals surface area contributed by atoms with Crippen molar-refractivity contribution in [3.05, 3.63) is 76.7 Å². The van der Waals surface area contributed by atoms with Crippen LogP contribution in [0.5, 0.6) is 0 Å². The standard InChI is InChI=1S/C21H12ClFN4O2/c1-26-19-17(18(25-26)11-2-6-13(23)7-3-11)16-15(10-24-19)20(28)27(21(16)29)14-8-4-12(22)5-9-14/h2-10H,1H3. The summed E-state index contributed by atoms with van der Waals surface area (Å²) in [6.07, 6.45) is 1.39. The highest BCUT2D eigenvalue weighted by Gasteiger charge is 2.40. The van der Waals surface area contributed by atoms with Gasteiger partial charge in [-0.1, -0.05) is 11.6 Å². The SMILES string of the molecule is Cn1nc(-c2ccc(F)cc2)c2c3c(cnc21)C(=O)N(c1ccc(Cl)cc1)C3=O. The molecule has 0 spiro atoms. The number of pyridine rings is 1. The summed E-state index contributed by atoms with van der Waals surface area (Å²) >= 11 is 5.92. The highest BCUT2D eigenvalue weighted by atomic mass is 35.5. The molecule has 0 fully saturated rings. The molecule has 0 saturated heterocycles. The summed E-state index contributed by atoms with van der Waals surface area (Å²) in [6, 6.07) is 12.2. The number of anilines is 1. The number of rotatable bonds is 2. The van der Waals surface area contributed by atoms with Gasteiger partial charge >= 0.3 is 0 Å². The third kappa shape index (κ3) is 2.55. The summed E-state index contributed by atoms with van der Waals surface area (Å²) in [5.74, 6) is -1.30. The molecular weight excluding hydrogens is 395 g/mol. The molecule has 0 unspecified atom stereocenters. The van der Waals surface area contributed by atoms with E-state index in [-0.39, 0.29) is 16.9 Å². The van der Waals surface area contributed by atoms with Crippen LogP contribution in [0.1, 0.15) is 20.7 Å². The predicted molar refractivity (Wildman–Crippen MR) is 106 cm³/mol. The number of benzene rings is 2. The molecule has 2 aromatic heterocycles. The molecule has 142 valence electrons. The lowest BCUT2D eigenvalue weighted by molar-refractivity contribution is 0.0926. The lowest BCUT2D eigenvalue weighted by Crippen LogP contribution is -2.29. The molecule has 8 heteroatoms. The zero-order chi connectivity index (χ0) is 20.3. The topological polar surface area (TPSA) is 68.1 Å². The quantitative estimate of drug-likeness (QED) is 0.467. The number of amides is 2. The van der Waals surface area contributed by atoms with Crippen molar-refractivity contribution in [1.82, 2.24) is 14.8 Å². The minimum absolute atomic E-state index is 0.203. The molecule has 29 heavy (non-hydrogen) atoms. The average molecular weight is 407 g/mol. The van der Waals surface area contributed by atoms with Gasteiger partial charge in [0.1, 0.15) is 11.5 Å². The summed E-state index contributed by atoms with van der Waals surface area (Å²) in [5.41, 5.74) is 2.41. The lowest BCUT2D eigenvalue weighted by Gasteiger charge is -2.13. The first-order valence-electron chi connectivity index (χ1n) is 8.71. The summed E-state index contributed by atoms with van der Waals surface area (Å²) in [4.78, 5) is 31.7. The van der Waals surface area contributed by atoms with Gasteiger partial charge in [-0.25, -0.2) is 19.0 Å². The van der Waals surface area contributed by atoms with Crippen molar-refractivity contribution in [3.63, 3.8) is 0 Å². The number of hydrogen-bond donors (Lipinski definition) is 0. The van der Waals surface area contributed by atoms with E-state index in [2.05, 4.69) is 10.1 Å². The number of halogens is 2. The Kier molecular flexibility index (Phi) is 3.75. The Balaban J connectivity index is 1.75. The first kappa shape index (κ1) is 17.5. The van der Waals surface area contributed by atoms with Gasteiger partial charge in [-0.3, -0.25) is 9.59 Å². The summed E-state index contributed by atoms with van der Waals surface area (Å²) in [5, 5.41) is 5.43. The molecule has 5 rings (SSSR count). The predicted octanol–water partition coefficient (Wildman–Crippen LogP) is 4.23. The minimum Gasteiger partial charge on any atom is -0.268 e. The lowest BCUT2D eigenvalue weighted by atomic mass is 10.0. The van der Waals surface area contributed by atoms with Crippen molar-refractivity contribution in [2.45, 2.75) is 0 Å². The molecule has 0 radical (unpaired) electrons. The first-order chi connectivity index (χ1) is 14.0. The van der Waals surface area contributed by atoms with Crippen LogP contribution in [0.2, 0.25) is 5.02 Å². The third-order valence-electron chi connectivity index (χ3n) is 4.91. The minimum atomic E-state index is -0.462. The van der Waals surface area contributed by atoms with E-state index in [4.69, 9.17) is 11.6 Å². The third-order valence-corrected chi connectivity index (χ3v) is 5.16. The Morgan fingerprint density at radius 2 is 1.66 bits per heavy atom. The molecule has 2 amide bonds. The number of carbonyl (C=O) groups is 2. The van der Waals surface area contributed by atoms with Crippen LogP contribution in [0.25, 0.3) is 22.3 Å². The Labute approximate surface area is 169 Å². The van der Waals surface area contributed by atoms with Gasteiger partial charge in [0.25, 0.3) is 11.8 Å². The van der Waals surface area contributed by atoms with E-state index < -0.39 is 11.8 Å². The molecule has 2 aromatic carbocycles. The maximum absolute atomic E-state index is 13.4.